The van der Waals surface area contributed by atoms with Crippen molar-refractivity contribution < 1.29 is 9.59 Å². The van der Waals surface area contributed by atoms with Crippen molar-refractivity contribution in [3.05, 3.63) is 75.6 Å². The summed E-state index contributed by atoms with van der Waals surface area (Å²) >= 11 is 1.64. The van der Waals surface area contributed by atoms with E-state index in [9.17, 15) is 9.59 Å². The molecule has 0 aliphatic carbocycles. The molecule has 1 aromatic heterocycles. The predicted octanol–water partition coefficient (Wildman–Crippen LogP) is 3.91. The molecule has 1 heterocycles. The summed E-state index contributed by atoms with van der Waals surface area (Å²) in [5.41, 5.74) is 4.83. The maximum atomic E-state index is 12.1. The summed E-state index contributed by atoms with van der Waals surface area (Å²) < 4.78 is 0. The van der Waals surface area contributed by atoms with E-state index in [0.717, 1.165) is 33.8 Å². The Balaban J connectivity index is 1.36. The molecule has 0 unspecified atom stereocenters. The molecule has 3 rings (SSSR count). The zero-order chi connectivity index (χ0) is 20.6. The first kappa shape index (κ1) is 20.7. The Hall–Kier alpha value is -2.99. The average molecular weight is 408 g/mol. The minimum atomic E-state index is -0.147. The number of thiazole rings is 1. The van der Waals surface area contributed by atoms with E-state index in [0.29, 0.717) is 18.7 Å². The molecule has 2 N–H and O–H groups in total. The van der Waals surface area contributed by atoms with Crippen LogP contribution >= 0.6 is 11.3 Å². The van der Waals surface area contributed by atoms with Crippen molar-refractivity contribution in [2.24, 2.45) is 0 Å². The lowest BCUT2D eigenvalue weighted by atomic mass is 10.1. The molecule has 0 fully saturated rings. The van der Waals surface area contributed by atoms with E-state index in [4.69, 9.17) is 0 Å². The summed E-state index contributed by atoms with van der Waals surface area (Å²) in [6.07, 6.45) is 1.03. The smallest absolute Gasteiger partial charge is 0.251 e. The molecule has 0 atom stereocenters. The van der Waals surface area contributed by atoms with E-state index in [2.05, 4.69) is 45.3 Å². The lowest BCUT2D eigenvalue weighted by molar-refractivity contribution is -0.120. The van der Waals surface area contributed by atoms with Gasteiger partial charge in [0.25, 0.3) is 5.91 Å². The molecule has 2 aromatic carbocycles. The van der Waals surface area contributed by atoms with E-state index in [1.165, 1.54) is 0 Å². The fourth-order valence-electron chi connectivity index (χ4n) is 2.99. The molecule has 0 saturated carbocycles. The summed E-state index contributed by atoms with van der Waals surface area (Å²) in [6.45, 7) is 4.78. The van der Waals surface area contributed by atoms with Crippen LogP contribution < -0.4 is 10.6 Å². The van der Waals surface area contributed by atoms with Crippen molar-refractivity contribution in [2.45, 2.75) is 26.7 Å². The second-order valence-electron chi connectivity index (χ2n) is 6.87. The largest absolute Gasteiger partial charge is 0.356 e. The van der Waals surface area contributed by atoms with Crippen LogP contribution in [0.5, 0.6) is 0 Å². The Kier molecular flexibility index (Phi) is 7.14. The summed E-state index contributed by atoms with van der Waals surface area (Å²) in [5, 5.41) is 8.82. The first-order valence-electron chi connectivity index (χ1n) is 9.65. The molecule has 0 radical (unpaired) electrons. The molecule has 0 spiro atoms. The van der Waals surface area contributed by atoms with E-state index >= 15 is 0 Å². The third-order valence-corrected chi connectivity index (χ3v) is 5.41. The third-order valence-electron chi connectivity index (χ3n) is 4.63. The number of nitrogens with one attached hydrogen (secondary N) is 2. The van der Waals surface area contributed by atoms with Gasteiger partial charge in [0.05, 0.1) is 10.7 Å². The van der Waals surface area contributed by atoms with Crippen LogP contribution in [0.1, 0.15) is 32.9 Å². The van der Waals surface area contributed by atoms with Crippen molar-refractivity contribution in [1.82, 2.24) is 15.6 Å². The highest BCUT2D eigenvalue weighted by Crippen LogP contribution is 2.21. The normalized spacial score (nSPS) is 10.6. The minimum absolute atomic E-state index is 0.0651. The highest BCUT2D eigenvalue weighted by Gasteiger charge is 2.08. The van der Waals surface area contributed by atoms with Crippen LogP contribution in [0.15, 0.2) is 53.9 Å². The lowest BCUT2D eigenvalue weighted by Gasteiger charge is -2.08. The third kappa shape index (κ3) is 5.99. The topological polar surface area (TPSA) is 71.1 Å². The van der Waals surface area contributed by atoms with Crippen molar-refractivity contribution in [2.75, 3.05) is 13.1 Å². The molecule has 29 heavy (non-hydrogen) atoms. The molecule has 5 nitrogen and oxygen atoms in total. The van der Waals surface area contributed by atoms with Gasteiger partial charge in [-0.25, -0.2) is 4.98 Å². The van der Waals surface area contributed by atoms with Crippen LogP contribution in [0.2, 0.25) is 0 Å². The highest BCUT2D eigenvalue weighted by atomic mass is 32.1. The van der Waals surface area contributed by atoms with Crippen molar-refractivity contribution in [3.8, 4) is 11.3 Å². The fourth-order valence-corrected chi connectivity index (χ4v) is 3.61. The van der Waals surface area contributed by atoms with Crippen LogP contribution in [0.3, 0.4) is 0 Å². The Morgan fingerprint density at radius 2 is 1.72 bits per heavy atom. The number of hydrogen-bond acceptors (Lipinski definition) is 4. The van der Waals surface area contributed by atoms with Crippen LogP contribution in [0.25, 0.3) is 11.3 Å². The van der Waals surface area contributed by atoms with Gasteiger partial charge < -0.3 is 10.6 Å². The zero-order valence-electron chi connectivity index (χ0n) is 16.7. The van der Waals surface area contributed by atoms with Gasteiger partial charge in [-0.1, -0.05) is 42.5 Å². The van der Waals surface area contributed by atoms with Gasteiger partial charge >= 0.3 is 0 Å². The molecule has 0 bridgehead atoms. The Labute approximate surface area is 175 Å². The first-order chi connectivity index (χ1) is 14.0. The van der Waals surface area contributed by atoms with Crippen LogP contribution in [0.4, 0.5) is 0 Å². The van der Waals surface area contributed by atoms with Gasteiger partial charge in [0.2, 0.25) is 5.91 Å². The molecule has 0 aliphatic rings. The summed E-state index contributed by atoms with van der Waals surface area (Å²) in [6, 6.07) is 15.7. The van der Waals surface area contributed by atoms with E-state index in [1.54, 1.807) is 17.4 Å². The van der Waals surface area contributed by atoms with Gasteiger partial charge in [0.15, 0.2) is 0 Å². The number of rotatable bonds is 8. The number of amides is 2. The zero-order valence-corrected chi connectivity index (χ0v) is 17.5. The highest BCUT2D eigenvalue weighted by molar-refractivity contribution is 7.09. The number of benzene rings is 2. The van der Waals surface area contributed by atoms with Gasteiger partial charge in [-0.2, -0.15) is 0 Å². The van der Waals surface area contributed by atoms with Crippen molar-refractivity contribution in [3.63, 3.8) is 0 Å². The average Bonchev–Trinajstić information content (AvgIpc) is 3.15. The van der Waals surface area contributed by atoms with Crippen molar-refractivity contribution >= 4 is 23.2 Å². The summed E-state index contributed by atoms with van der Waals surface area (Å²) in [4.78, 5) is 28.6. The SMILES string of the molecule is Cc1nc(-c2ccc(CCNC(=O)CCNC(=O)c3ccccc3C)cc2)cs1. The molecule has 2 amide bonds. The molecule has 3 aromatic rings. The number of nitrogens with zero attached hydrogens (tertiary/aromatic N) is 1. The number of aromatic nitrogens is 1. The Morgan fingerprint density at radius 3 is 2.41 bits per heavy atom. The number of hydrogen-bond donors (Lipinski definition) is 2. The molecule has 0 saturated heterocycles. The molecular weight excluding hydrogens is 382 g/mol. The summed E-state index contributed by atoms with van der Waals surface area (Å²) in [5.74, 6) is -0.212. The molecular formula is C23H25N3O2S. The van der Waals surface area contributed by atoms with E-state index in [1.807, 2.05) is 32.0 Å². The fraction of sp³-hybridized carbons (Fsp3) is 0.261. The number of carbonyl (C=O) groups is 2. The van der Waals surface area contributed by atoms with Gasteiger partial charge in [0.1, 0.15) is 0 Å². The maximum absolute atomic E-state index is 12.1. The Bertz CT molecular complexity index is 980. The minimum Gasteiger partial charge on any atom is -0.356 e. The van der Waals surface area contributed by atoms with Gasteiger partial charge in [0, 0.05) is 36.0 Å². The van der Waals surface area contributed by atoms with Gasteiger partial charge in [-0.15, -0.1) is 11.3 Å². The monoisotopic (exact) mass is 407 g/mol. The van der Waals surface area contributed by atoms with Crippen LogP contribution in [-0.2, 0) is 11.2 Å². The second-order valence-corrected chi connectivity index (χ2v) is 7.93. The lowest BCUT2D eigenvalue weighted by Crippen LogP contribution is -2.31. The Morgan fingerprint density at radius 1 is 0.966 bits per heavy atom. The van der Waals surface area contributed by atoms with Crippen LogP contribution in [-0.4, -0.2) is 29.9 Å². The molecule has 0 aliphatic heterocycles. The predicted molar refractivity (Wildman–Crippen MR) is 117 cm³/mol. The standard InChI is InChI=1S/C23H25N3O2S/c1-16-5-3-4-6-20(16)23(28)25-14-12-22(27)24-13-11-18-7-9-19(10-8-18)21-15-29-17(2)26-21/h3-10,15H,11-14H2,1-2H3,(H,24,27)(H,25,28). The first-order valence-corrected chi connectivity index (χ1v) is 10.5. The van der Waals surface area contributed by atoms with Gasteiger partial charge in [-0.3, -0.25) is 9.59 Å². The maximum Gasteiger partial charge on any atom is 0.251 e. The van der Waals surface area contributed by atoms with E-state index < -0.39 is 0 Å². The van der Waals surface area contributed by atoms with Crippen molar-refractivity contribution in [1.29, 1.82) is 0 Å². The molecule has 6 heteroatoms. The van der Waals surface area contributed by atoms with Crippen LogP contribution in [0, 0.1) is 13.8 Å². The second kappa shape index (κ2) is 9.98. The quantitative estimate of drug-likeness (QED) is 0.595. The van der Waals surface area contributed by atoms with Gasteiger partial charge in [-0.05, 0) is 37.5 Å². The number of aryl methyl sites for hydroxylation is 2. The summed E-state index contributed by atoms with van der Waals surface area (Å²) in [7, 11) is 0. The number of carbonyl (C=O) groups excluding carboxylic acids is 2. The van der Waals surface area contributed by atoms with E-state index in [-0.39, 0.29) is 18.2 Å². The molecule has 150 valence electrons.